The third kappa shape index (κ3) is 3.59. The monoisotopic (exact) mass is 336 g/mol. The van der Waals surface area contributed by atoms with E-state index in [1.54, 1.807) is 0 Å². The third-order valence-electron chi connectivity index (χ3n) is 4.82. The van der Waals surface area contributed by atoms with Gasteiger partial charge in [0, 0.05) is 37.6 Å². The summed E-state index contributed by atoms with van der Waals surface area (Å²) < 4.78 is 1.95. The lowest BCUT2D eigenvalue weighted by atomic mass is 10.1. The van der Waals surface area contributed by atoms with E-state index in [1.165, 1.54) is 0 Å². The van der Waals surface area contributed by atoms with Crippen LogP contribution in [-0.4, -0.2) is 34.5 Å². The van der Waals surface area contributed by atoms with Gasteiger partial charge in [0.05, 0.1) is 6.54 Å². The van der Waals surface area contributed by atoms with Crippen LogP contribution in [0.15, 0.2) is 36.5 Å². The Labute approximate surface area is 149 Å². The zero-order valence-electron chi connectivity index (χ0n) is 15.1. The molecule has 1 fully saturated rings. The topological polar surface area (TPSA) is 52.3 Å². The molecule has 3 rings (SSSR count). The van der Waals surface area contributed by atoms with Crippen molar-refractivity contribution in [2.75, 3.05) is 18.0 Å². The molecule has 0 spiro atoms. The Morgan fingerprint density at radius 3 is 2.76 bits per heavy atom. The van der Waals surface area contributed by atoms with Gasteiger partial charge in [0.25, 0.3) is 0 Å². The molecule has 2 heterocycles. The minimum atomic E-state index is 0.124. The first-order valence-electron chi connectivity index (χ1n) is 8.72. The Kier molecular flexibility index (Phi) is 4.91. The number of rotatable bonds is 4. The van der Waals surface area contributed by atoms with Crippen LogP contribution in [0.4, 0.5) is 5.69 Å². The van der Waals surface area contributed by atoms with Gasteiger partial charge in [-0.15, -0.1) is 0 Å². The van der Waals surface area contributed by atoms with Crippen molar-refractivity contribution in [1.82, 2.24) is 9.47 Å². The van der Waals surface area contributed by atoms with Gasteiger partial charge in [-0.25, -0.2) is 0 Å². The van der Waals surface area contributed by atoms with E-state index in [4.69, 9.17) is 0 Å². The van der Waals surface area contributed by atoms with Gasteiger partial charge in [0.1, 0.15) is 11.8 Å². The summed E-state index contributed by atoms with van der Waals surface area (Å²) in [6.07, 6.45) is 2.02. The minimum Gasteiger partial charge on any atom is -0.339 e. The van der Waals surface area contributed by atoms with Crippen LogP contribution in [0.3, 0.4) is 0 Å². The first-order valence-corrected chi connectivity index (χ1v) is 8.72. The van der Waals surface area contributed by atoms with Crippen LogP contribution in [0.5, 0.6) is 0 Å². The largest absolute Gasteiger partial charge is 0.339 e. The molecule has 0 radical (unpaired) electrons. The molecule has 0 unspecified atom stereocenters. The van der Waals surface area contributed by atoms with E-state index in [0.29, 0.717) is 25.3 Å². The van der Waals surface area contributed by atoms with Crippen molar-refractivity contribution in [3.8, 4) is 6.07 Å². The molecule has 1 aliphatic rings. The van der Waals surface area contributed by atoms with Gasteiger partial charge in [-0.1, -0.05) is 12.1 Å². The first-order chi connectivity index (χ1) is 12.0. The molecule has 0 aliphatic carbocycles. The van der Waals surface area contributed by atoms with Gasteiger partial charge in [-0.05, 0) is 50.1 Å². The number of anilines is 1. The highest BCUT2D eigenvalue weighted by Crippen LogP contribution is 2.23. The van der Waals surface area contributed by atoms with E-state index in [1.807, 2.05) is 53.8 Å². The summed E-state index contributed by atoms with van der Waals surface area (Å²) in [6, 6.07) is 12.5. The number of benzene rings is 1. The molecule has 25 heavy (non-hydrogen) atoms. The van der Waals surface area contributed by atoms with Crippen molar-refractivity contribution in [3.63, 3.8) is 0 Å². The van der Waals surface area contributed by atoms with E-state index in [9.17, 15) is 10.1 Å². The van der Waals surface area contributed by atoms with Crippen LogP contribution < -0.4 is 4.90 Å². The number of piperazine rings is 1. The number of amides is 1. The molecule has 0 saturated carbocycles. The van der Waals surface area contributed by atoms with Crippen LogP contribution in [0, 0.1) is 18.3 Å². The fourth-order valence-corrected chi connectivity index (χ4v) is 3.40. The highest BCUT2D eigenvalue weighted by atomic mass is 16.2. The normalized spacial score (nSPS) is 18.4. The van der Waals surface area contributed by atoms with Crippen LogP contribution in [0.2, 0.25) is 0 Å². The molecule has 0 bridgehead atoms. The fraction of sp³-hybridized carbons (Fsp3) is 0.400. The van der Waals surface area contributed by atoms with E-state index < -0.39 is 0 Å². The van der Waals surface area contributed by atoms with E-state index in [2.05, 4.69) is 24.0 Å². The second-order valence-electron chi connectivity index (χ2n) is 6.73. The number of hydrogen-bond acceptors (Lipinski definition) is 3. The Balaban J connectivity index is 1.73. The van der Waals surface area contributed by atoms with Crippen LogP contribution in [0.25, 0.3) is 0 Å². The minimum absolute atomic E-state index is 0.124. The first kappa shape index (κ1) is 17.2. The Morgan fingerprint density at radius 1 is 1.32 bits per heavy atom. The zero-order valence-corrected chi connectivity index (χ0v) is 15.1. The van der Waals surface area contributed by atoms with Crippen LogP contribution in [0.1, 0.15) is 30.7 Å². The predicted molar refractivity (Wildman–Crippen MR) is 98.2 cm³/mol. The molecule has 1 atom stereocenters. The maximum Gasteiger partial charge on any atom is 0.241 e. The second kappa shape index (κ2) is 7.12. The number of nitriles is 1. The molecule has 1 saturated heterocycles. The second-order valence-corrected chi connectivity index (χ2v) is 6.73. The van der Waals surface area contributed by atoms with Gasteiger partial charge >= 0.3 is 0 Å². The molecule has 0 N–H and O–H groups in total. The molecule has 130 valence electrons. The number of nitrogens with zero attached hydrogens (tertiary/aromatic N) is 4. The third-order valence-corrected chi connectivity index (χ3v) is 4.82. The summed E-state index contributed by atoms with van der Waals surface area (Å²) in [5, 5.41) is 9.20. The van der Waals surface area contributed by atoms with Gasteiger partial charge < -0.3 is 9.47 Å². The average molecular weight is 336 g/mol. The summed E-state index contributed by atoms with van der Waals surface area (Å²) in [5.74, 6) is 0.124. The number of carbonyl (C=O) groups is 1. The van der Waals surface area contributed by atoms with Crippen molar-refractivity contribution in [1.29, 1.82) is 5.26 Å². The predicted octanol–water partition coefficient (Wildman–Crippen LogP) is 2.93. The summed E-state index contributed by atoms with van der Waals surface area (Å²) in [7, 11) is 0. The fourth-order valence-electron chi connectivity index (χ4n) is 3.40. The van der Waals surface area contributed by atoms with Crippen molar-refractivity contribution < 1.29 is 4.79 Å². The van der Waals surface area contributed by atoms with Gasteiger partial charge in [0.2, 0.25) is 5.91 Å². The molecule has 1 aromatic carbocycles. The summed E-state index contributed by atoms with van der Waals surface area (Å²) in [6.45, 7) is 8.76. The number of aryl methyl sites for hydroxylation is 2. The van der Waals surface area contributed by atoms with Crippen molar-refractivity contribution >= 4 is 11.6 Å². The zero-order chi connectivity index (χ0) is 18.0. The quantitative estimate of drug-likeness (QED) is 0.862. The SMILES string of the molecule is CCn1cc(CN2CC(=O)N(c3cccc(C)c3)C[C@H]2C)cc1C#N. The highest BCUT2D eigenvalue weighted by molar-refractivity contribution is 5.95. The molecule has 2 aromatic rings. The van der Waals surface area contributed by atoms with E-state index in [0.717, 1.165) is 23.4 Å². The van der Waals surface area contributed by atoms with Gasteiger partial charge in [-0.3, -0.25) is 9.69 Å². The summed E-state index contributed by atoms with van der Waals surface area (Å²) in [5.41, 5.74) is 3.89. The Bertz CT molecular complexity index is 817. The lowest BCUT2D eigenvalue weighted by Crippen LogP contribution is -2.54. The van der Waals surface area contributed by atoms with E-state index in [-0.39, 0.29) is 11.9 Å². The Hall–Kier alpha value is -2.58. The van der Waals surface area contributed by atoms with Crippen molar-refractivity contribution in [2.45, 2.75) is 39.9 Å². The highest BCUT2D eigenvalue weighted by Gasteiger charge is 2.30. The summed E-state index contributed by atoms with van der Waals surface area (Å²) >= 11 is 0. The standard InChI is InChI=1S/C20H24N4O/c1-4-22-12-17(9-19(22)10-21)13-23-14-20(25)24(11-16(23)3)18-7-5-6-15(2)8-18/h5-9,12,16H,4,11,13-14H2,1-3H3/t16-/m1/s1. The number of aromatic nitrogens is 1. The maximum atomic E-state index is 12.7. The van der Waals surface area contributed by atoms with Crippen molar-refractivity contribution in [2.24, 2.45) is 0 Å². The summed E-state index contributed by atoms with van der Waals surface area (Å²) in [4.78, 5) is 16.7. The number of carbonyl (C=O) groups excluding carboxylic acids is 1. The molecular weight excluding hydrogens is 312 g/mol. The van der Waals surface area contributed by atoms with Gasteiger partial charge in [0.15, 0.2) is 0 Å². The maximum absolute atomic E-state index is 12.7. The molecule has 1 aromatic heterocycles. The molecule has 1 aliphatic heterocycles. The van der Waals surface area contributed by atoms with Crippen molar-refractivity contribution in [3.05, 3.63) is 53.3 Å². The van der Waals surface area contributed by atoms with E-state index >= 15 is 0 Å². The van der Waals surface area contributed by atoms with Crippen LogP contribution in [-0.2, 0) is 17.9 Å². The average Bonchev–Trinajstić information content (AvgIpc) is 3.00. The smallest absolute Gasteiger partial charge is 0.241 e. The van der Waals surface area contributed by atoms with Gasteiger partial charge in [-0.2, -0.15) is 5.26 Å². The lowest BCUT2D eigenvalue weighted by Gasteiger charge is -2.39. The lowest BCUT2D eigenvalue weighted by molar-refractivity contribution is -0.122. The molecule has 5 heteroatoms. The van der Waals surface area contributed by atoms with Crippen LogP contribution >= 0.6 is 0 Å². The molecule has 1 amide bonds. The molecule has 5 nitrogen and oxygen atoms in total. The Morgan fingerprint density at radius 2 is 2.12 bits per heavy atom. The number of hydrogen-bond donors (Lipinski definition) is 0. The molecular formula is C20H24N4O.